The topological polar surface area (TPSA) is 25.8 Å². The Morgan fingerprint density at radius 1 is 1.06 bits per heavy atom. The van der Waals surface area contributed by atoms with Crippen LogP contribution < -0.4 is 0 Å². The fourth-order valence-corrected chi connectivity index (χ4v) is 2.33. The molecule has 0 saturated carbocycles. The van der Waals surface area contributed by atoms with Crippen LogP contribution in [0.3, 0.4) is 0 Å². The van der Waals surface area contributed by atoms with E-state index in [-0.39, 0.29) is 5.82 Å². The van der Waals surface area contributed by atoms with Crippen molar-refractivity contribution < 1.29 is 4.39 Å². The van der Waals surface area contributed by atoms with Gasteiger partial charge in [-0.2, -0.15) is 0 Å². The molecule has 0 spiro atoms. The summed E-state index contributed by atoms with van der Waals surface area (Å²) in [6.45, 7) is 3.74. The lowest BCUT2D eigenvalue weighted by Gasteiger charge is -2.05. The Morgan fingerprint density at radius 3 is 2.29 bits per heavy atom. The molecular weight excluding hydrogens is 259 g/mol. The largest absolute Gasteiger partial charge is 0.241 e. The molecule has 2 rings (SSSR count). The zero-order valence-corrected chi connectivity index (χ0v) is 10.9. The van der Waals surface area contributed by atoms with Gasteiger partial charge in [-0.1, -0.05) is 23.4 Å². The molecule has 0 aliphatic heterocycles. The Labute approximate surface area is 108 Å². The third-order valence-corrected chi connectivity index (χ3v) is 3.62. The van der Waals surface area contributed by atoms with Crippen LogP contribution in [0.15, 0.2) is 34.2 Å². The van der Waals surface area contributed by atoms with Gasteiger partial charge in [-0.05, 0) is 38.1 Å². The molecule has 0 unspecified atom stereocenters. The summed E-state index contributed by atoms with van der Waals surface area (Å²) in [6.07, 6.45) is 0. The van der Waals surface area contributed by atoms with Gasteiger partial charge in [0.2, 0.25) is 0 Å². The summed E-state index contributed by atoms with van der Waals surface area (Å²) in [6, 6.07) is 6.19. The van der Waals surface area contributed by atoms with Crippen LogP contribution in [-0.2, 0) is 0 Å². The second kappa shape index (κ2) is 5.02. The highest BCUT2D eigenvalue weighted by molar-refractivity contribution is 7.99. The Kier molecular flexibility index (Phi) is 3.64. The van der Waals surface area contributed by atoms with E-state index in [1.807, 2.05) is 13.8 Å². The minimum absolute atomic E-state index is 0.258. The number of aryl methyl sites for hydroxylation is 2. The van der Waals surface area contributed by atoms with Gasteiger partial charge < -0.3 is 0 Å². The van der Waals surface area contributed by atoms with Gasteiger partial charge in [-0.3, -0.25) is 0 Å². The molecule has 0 bridgehead atoms. The molecular formula is C12H10ClFN2S. The van der Waals surface area contributed by atoms with Crippen LogP contribution in [0.25, 0.3) is 0 Å². The highest BCUT2D eigenvalue weighted by Crippen LogP contribution is 2.31. The third-order valence-electron chi connectivity index (χ3n) is 2.26. The van der Waals surface area contributed by atoms with Crippen molar-refractivity contribution in [2.24, 2.45) is 0 Å². The normalized spacial score (nSPS) is 10.6. The lowest BCUT2D eigenvalue weighted by molar-refractivity contribution is 0.626. The average molecular weight is 269 g/mol. The van der Waals surface area contributed by atoms with Crippen molar-refractivity contribution in [2.75, 3.05) is 0 Å². The Hall–Kier alpha value is -1.13. The number of hydrogen-bond acceptors (Lipinski definition) is 3. The summed E-state index contributed by atoms with van der Waals surface area (Å²) in [7, 11) is 0. The van der Waals surface area contributed by atoms with Crippen molar-refractivity contribution >= 4 is 23.4 Å². The quantitative estimate of drug-likeness (QED) is 0.822. The van der Waals surface area contributed by atoms with Crippen LogP contribution in [0, 0.1) is 19.7 Å². The van der Waals surface area contributed by atoms with Gasteiger partial charge in [0.1, 0.15) is 10.8 Å². The highest BCUT2D eigenvalue weighted by Gasteiger charge is 2.08. The molecule has 1 aromatic heterocycles. The van der Waals surface area contributed by atoms with Crippen molar-refractivity contribution in [3.63, 3.8) is 0 Å². The van der Waals surface area contributed by atoms with Crippen molar-refractivity contribution in [1.82, 2.24) is 9.97 Å². The molecule has 1 heterocycles. The highest BCUT2D eigenvalue weighted by atomic mass is 35.5. The fourth-order valence-electron chi connectivity index (χ4n) is 1.23. The SMILES string of the molecule is Cc1nc(Cl)c(Sc2ccc(F)cc2)nc1C. The number of rotatable bonds is 2. The maximum Gasteiger partial charge on any atom is 0.161 e. The molecule has 0 aliphatic carbocycles. The van der Waals surface area contributed by atoms with Gasteiger partial charge in [0.15, 0.2) is 5.15 Å². The molecule has 0 N–H and O–H groups in total. The molecule has 0 saturated heterocycles. The first-order valence-electron chi connectivity index (χ1n) is 5.00. The maximum atomic E-state index is 12.8. The Morgan fingerprint density at radius 2 is 1.65 bits per heavy atom. The second-order valence-corrected chi connectivity index (χ2v) is 4.97. The standard InChI is InChI=1S/C12H10ClFN2S/c1-7-8(2)16-12(11(13)15-7)17-10-5-3-9(14)4-6-10/h3-6H,1-2H3. The van der Waals surface area contributed by atoms with Crippen LogP contribution in [0.1, 0.15) is 11.4 Å². The summed E-state index contributed by atoms with van der Waals surface area (Å²) in [5.41, 5.74) is 1.66. The first-order chi connectivity index (χ1) is 8.06. The zero-order valence-electron chi connectivity index (χ0n) is 9.37. The summed E-state index contributed by atoms with van der Waals surface area (Å²) in [4.78, 5) is 9.44. The lowest BCUT2D eigenvalue weighted by atomic mass is 10.3. The number of nitrogens with zero attached hydrogens (tertiary/aromatic N) is 2. The first-order valence-corrected chi connectivity index (χ1v) is 6.20. The van der Waals surface area contributed by atoms with Gasteiger partial charge in [0, 0.05) is 4.90 Å². The smallest absolute Gasteiger partial charge is 0.161 e. The van der Waals surface area contributed by atoms with Gasteiger partial charge in [-0.15, -0.1) is 0 Å². The molecule has 0 atom stereocenters. The number of aromatic nitrogens is 2. The summed E-state index contributed by atoms with van der Waals surface area (Å²) in [5.74, 6) is -0.258. The van der Waals surface area contributed by atoms with Crippen molar-refractivity contribution in [3.05, 3.63) is 46.6 Å². The van der Waals surface area contributed by atoms with Crippen molar-refractivity contribution in [2.45, 2.75) is 23.8 Å². The molecule has 1 aromatic carbocycles. The van der Waals surface area contributed by atoms with E-state index in [1.54, 1.807) is 12.1 Å². The van der Waals surface area contributed by atoms with Gasteiger partial charge in [-0.25, -0.2) is 14.4 Å². The molecule has 88 valence electrons. The minimum atomic E-state index is -0.258. The molecule has 0 radical (unpaired) electrons. The van der Waals surface area contributed by atoms with Crippen molar-refractivity contribution in [3.8, 4) is 0 Å². The van der Waals surface area contributed by atoms with Crippen molar-refractivity contribution in [1.29, 1.82) is 0 Å². The molecule has 0 amide bonds. The van der Waals surface area contributed by atoms with Gasteiger partial charge in [0.25, 0.3) is 0 Å². The second-order valence-electron chi connectivity index (χ2n) is 3.55. The van der Waals surface area contributed by atoms with Gasteiger partial charge in [0.05, 0.1) is 11.4 Å². The number of halogens is 2. The van der Waals surface area contributed by atoms with E-state index in [4.69, 9.17) is 11.6 Å². The van der Waals surface area contributed by atoms with E-state index < -0.39 is 0 Å². The predicted molar refractivity (Wildman–Crippen MR) is 67.0 cm³/mol. The fraction of sp³-hybridized carbons (Fsp3) is 0.167. The summed E-state index contributed by atoms with van der Waals surface area (Å²) < 4.78 is 12.8. The van der Waals surface area contributed by atoms with Gasteiger partial charge >= 0.3 is 0 Å². The molecule has 0 fully saturated rings. The summed E-state index contributed by atoms with van der Waals surface area (Å²) in [5, 5.41) is 1.02. The third kappa shape index (κ3) is 2.96. The molecule has 17 heavy (non-hydrogen) atoms. The number of hydrogen-bond donors (Lipinski definition) is 0. The lowest BCUT2D eigenvalue weighted by Crippen LogP contribution is -1.95. The molecule has 0 aliphatic rings. The van der Waals surface area contributed by atoms with Crippen LogP contribution >= 0.6 is 23.4 Å². The molecule has 5 heteroatoms. The minimum Gasteiger partial charge on any atom is -0.241 e. The zero-order chi connectivity index (χ0) is 12.4. The van der Waals surface area contributed by atoms with E-state index in [1.165, 1.54) is 23.9 Å². The van der Waals surface area contributed by atoms with E-state index in [0.717, 1.165) is 16.3 Å². The number of benzene rings is 1. The van der Waals surface area contributed by atoms with E-state index in [2.05, 4.69) is 9.97 Å². The summed E-state index contributed by atoms with van der Waals surface area (Å²) >= 11 is 7.39. The van der Waals surface area contributed by atoms with Crippen LogP contribution in [-0.4, -0.2) is 9.97 Å². The molecule has 2 aromatic rings. The van der Waals surface area contributed by atoms with Crippen LogP contribution in [0.5, 0.6) is 0 Å². The maximum absolute atomic E-state index is 12.8. The van der Waals surface area contributed by atoms with E-state index >= 15 is 0 Å². The Balaban J connectivity index is 2.30. The van der Waals surface area contributed by atoms with E-state index in [9.17, 15) is 4.39 Å². The van der Waals surface area contributed by atoms with Crippen LogP contribution in [0.2, 0.25) is 5.15 Å². The predicted octanol–water partition coefficient (Wildman–Crippen LogP) is 4.04. The Bertz CT molecular complexity index is 543. The van der Waals surface area contributed by atoms with E-state index in [0.29, 0.717) is 10.2 Å². The first kappa shape index (κ1) is 12.3. The molecule has 2 nitrogen and oxygen atoms in total. The van der Waals surface area contributed by atoms with Crippen LogP contribution in [0.4, 0.5) is 4.39 Å². The monoisotopic (exact) mass is 268 g/mol. The average Bonchev–Trinajstić information content (AvgIpc) is 2.29.